The monoisotopic (exact) mass is 773 g/mol. The normalized spacial score (nSPS) is 12.5. The Morgan fingerprint density at radius 2 is 0.830 bits per heavy atom. The van der Waals surface area contributed by atoms with Gasteiger partial charge in [-0.25, -0.2) is 4.57 Å². The van der Waals surface area contributed by atoms with Gasteiger partial charge in [0.05, 0.1) is 6.61 Å². The Morgan fingerprint density at radius 1 is 0.472 bits per heavy atom. The van der Waals surface area contributed by atoms with Crippen LogP contribution in [0.2, 0.25) is 0 Å². The van der Waals surface area contributed by atoms with Crippen molar-refractivity contribution in [1.29, 1.82) is 0 Å². The molecule has 0 saturated heterocycles. The van der Waals surface area contributed by atoms with Crippen molar-refractivity contribution in [3.8, 4) is 0 Å². The average Bonchev–Trinajstić information content (AvgIpc) is 3.13. The molecule has 0 aliphatic heterocycles. The number of allylic oxidation sites excluding steroid dienone is 2. The van der Waals surface area contributed by atoms with Crippen LogP contribution in [0.1, 0.15) is 239 Å². The Kier molecular flexibility index (Phi) is 39.5. The molecule has 0 aromatic rings. The SMILES string of the molecule is CCCCCCCCCCCCC/C=C/CCC(=O)O[C@H](COC(=O)CCCCCCCCCCCCCCCCCCCCCC)COP(=O)(O)O. The maximum absolute atomic E-state index is 12.4. The average molecular weight is 773 g/mol. The maximum atomic E-state index is 12.4. The fraction of sp³-hybridized carbons (Fsp3) is 0.909. The molecule has 0 bridgehead atoms. The van der Waals surface area contributed by atoms with E-state index in [1.54, 1.807) is 0 Å². The summed E-state index contributed by atoms with van der Waals surface area (Å²) < 4.78 is 26.4. The predicted molar refractivity (Wildman–Crippen MR) is 221 cm³/mol. The molecule has 9 heteroatoms. The van der Waals surface area contributed by atoms with E-state index in [0.717, 1.165) is 32.1 Å². The second-order valence-electron chi connectivity index (χ2n) is 15.4. The van der Waals surface area contributed by atoms with Gasteiger partial charge in [-0.2, -0.15) is 0 Å². The van der Waals surface area contributed by atoms with Gasteiger partial charge in [0, 0.05) is 12.8 Å². The second-order valence-corrected chi connectivity index (χ2v) is 16.6. The van der Waals surface area contributed by atoms with Gasteiger partial charge in [-0.3, -0.25) is 14.1 Å². The van der Waals surface area contributed by atoms with Crippen LogP contribution >= 0.6 is 7.82 Å². The summed E-state index contributed by atoms with van der Waals surface area (Å²) in [5.74, 6) is -0.927. The van der Waals surface area contributed by atoms with Crippen molar-refractivity contribution in [2.45, 2.75) is 245 Å². The van der Waals surface area contributed by atoms with Crippen LogP contribution in [0.4, 0.5) is 0 Å². The maximum Gasteiger partial charge on any atom is 0.469 e. The molecule has 0 amide bonds. The summed E-state index contributed by atoms with van der Waals surface area (Å²) in [5, 5.41) is 0. The van der Waals surface area contributed by atoms with Gasteiger partial charge in [-0.15, -0.1) is 0 Å². The highest BCUT2D eigenvalue weighted by molar-refractivity contribution is 7.46. The van der Waals surface area contributed by atoms with Gasteiger partial charge in [0.15, 0.2) is 6.10 Å². The summed E-state index contributed by atoms with van der Waals surface area (Å²) in [4.78, 5) is 42.9. The molecule has 0 aliphatic rings. The van der Waals surface area contributed by atoms with Crippen LogP contribution < -0.4 is 0 Å². The lowest BCUT2D eigenvalue weighted by Gasteiger charge is -2.18. The van der Waals surface area contributed by atoms with Gasteiger partial charge < -0.3 is 19.3 Å². The van der Waals surface area contributed by atoms with E-state index in [0.29, 0.717) is 6.42 Å². The summed E-state index contributed by atoms with van der Waals surface area (Å²) in [6, 6.07) is 0. The molecule has 0 radical (unpaired) electrons. The molecule has 0 rings (SSSR count). The predicted octanol–water partition coefficient (Wildman–Crippen LogP) is 13.8. The quantitative estimate of drug-likeness (QED) is 0.0272. The standard InChI is InChI=1S/C44H85O8P/c1-3-5-7-9-11-13-15-17-19-20-21-22-23-25-26-28-30-32-34-36-38-43(45)50-40-42(41-51-53(47,48)49)52-44(46)39-37-35-33-31-29-27-24-18-16-14-12-10-8-6-4-2/h33,35,42H,3-32,34,36-41H2,1-2H3,(H2,47,48,49)/b35-33+/t42-/m1/s1. The van der Waals surface area contributed by atoms with Crippen LogP contribution in [0.3, 0.4) is 0 Å². The highest BCUT2D eigenvalue weighted by Gasteiger charge is 2.22. The van der Waals surface area contributed by atoms with Crippen molar-refractivity contribution in [3.63, 3.8) is 0 Å². The third kappa shape index (κ3) is 43.4. The van der Waals surface area contributed by atoms with E-state index >= 15 is 0 Å². The molecule has 0 aromatic heterocycles. The van der Waals surface area contributed by atoms with Crippen molar-refractivity contribution in [2.75, 3.05) is 13.2 Å². The van der Waals surface area contributed by atoms with Gasteiger partial charge in [-0.1, -0.05) is 212 Å². The van der Waals surface area contributed by atoms with Crippen molar-refractivity contribution in [1.82, 2.24) is 0 Å². The Balaban J connectivity index is 3.85. The minimum absolute atomic E-state index is 0.133. The number of phosphoric acid groups is 1. The highest BCUT2D eigenvalue weighted by Crippen LogP contribution is 2.36. The summed E-state index contributed by atoms with van der Waals surface area (Å²) >= 11 is 0. The van der Waals surface area contributed by atoms with Gasteiger partial charge in [0.2, 0.25) is 0 Å². The molecule has 0 aliphatic carbocycles. The second kappa shape index (κ2) is 40.5. The summed E-state index contributed by atoms with van der Waals surface area (Å²) in [6.07, 6.45) is 45.2. The molecule has 1 atom stereocenters. The molecule has 0 aromatic carbocycles. The number of carbonyl (C=O) groups excluding carboxylic acids is 2. The van der Waals surface area contributed by atoms with Crippen LogP contribution in [-0.2, 0) is 28.2 Å². The zero-order chi connectivity index (χ0) is 38.9. The number of unbranched alkanes of at least 4 members (excludes halogenated alkanes) is 30. The molecule has 0 spiro atoms. The van der Waals surface area contributed by atoms with E-state index in [9.17, 15) is 14.2 Å². The number of carbonyl (C=O) groups is 2. The first kappa shape index (κ1) is 51.8. The van der Waals surface area contributed by atoms with Crippen LogP contribution in [0.5, 0.6) is 0 Å². The summed E-state index contributed by atoms with van der Waals surface area (Å²) in [6.45, 7) is 3.69. The number of hydrogen-bond acceptors (Lipinski definition) is 6. The first-order valence-corrected chi connectivity index (χ1v) is 24.0. The zero-order valence-corrected chi connectivity index (χ0v) is 35.6. The van der Waals surface area contributed by atoms with Crippen molar-refractivity contribution >= 4 is 19.8 Å². The Morgan fingerprint density at radius 3 is 1.23 bits per heavy atom. The van der Waals surface area contributed by atoms with E-state index in [2.05, 4.69) is 24.4 Å². The number of rotatable bonds is 42. The van der Waals surface area contributed by atoms with E-state index < -0.39 is 32.5 Å². The lowest BCUT2D eigenvalue weighted by atomic mass is 10.0. The molecule has 0 saturated carbocycles. The third-order valence-corrected chi connectivity index (χ3v) is 10.5. The highest BCUT2D eigenvalue weighted by atomic mass is 31.2. The number of phosphoric ester groups is 1. The van der Waals surface area contributed by atoms with Gasteiger partial charge in [0.1, 0.15) is 6.61 Å². The smallest absolute Gasteiger partial charge is 0.462 e. The van der Waals surface area contributed by atoms with Crippen LogP contribution in [-0.4, -0.2) is 41.0 Å². The molecule has 314 valence electrons. The Labute approximate surface area is 327 Å². The van der Waals surface area contributed by atoms with Gasteiger partial charge in [-0.05, 0) is 25.7 Å². The van der Waals surface area contributed by atoms with Gasteiger partial charge >= 0.3 is 19.8 Å². The summed E-state index contributed by atoms with van der Waals surface area (Å²) in [5.41, 5.74) is 0. The third-order valence-electron chi connectivity index (χ3n) is 10.0. The van der Waals surface area contributed by atoms with Crippen molar-refractivity contribution < 1.29 is 37.9 Å². The first-order chi connectivity index (χ1) is 25.8. The number of ether oxygens (including phenoxy) is 2. The zero-order valence-electron chi connectivity index (χ0n) is 34.7. The molecular formula is C44H85O8P. The number of hydrogen-bond donors (Lipinski definition) is 2. The van der Waals surface area contributed by atoms with E-state index in [4.69, 9.17) is 19.3 Å². The van der Waals surface area contributed by atoms with Crippen LogP contribution in [0.15, 0.2) is 12.2 Å². The summed E-state index contributed by atoms with van der Waals surface area (Å²) in [7, 11) is -4.76. The van der Waals surface area contributed by atoms with Crippen LogP contribution in [0.25, 0.3) is 0 Å². The Bertz CT molecular complexity index is 873. The minimum Gasteiger partial charge on any atom is -0.462 e. The van der Waals surface area contributed by atoms with Crippen molar-refractivity contribution in [2.24, 2.45) is 0 Å². The first-order valence-electron chi connectivity index (χ1n) is 22.5. The fourth-order valence-electron chi connectivity index (χ4n) is 6.69. The number of esters is 2. The van der Waals surface area contributed by atoms with E-state index in [-0.39, 0.29) is 19.4 Å². The molecular weight excluding hydrogens is 687 g/mol. The van der Waals surface area contributed by atoms with E-state index in [1.807, 2.05) is 6.08 Å². The molecule has 0 unspecified atom stereocenters. The minimum atomic E-state index is -4.76. The Hall–Kier alpha value is -1.21. The fourth-order valence-corrected chi connectivity index (χ4v) is 7.05. The molecule has 8 nitrogen and oxygen atoms in total. The van der Waals surface area contributed by atoms with Crippen molar-refractivity contribution in [3.05, 3.63) is 12.2 Å². The molecule has 0 fully saturated rings. The lowest BCUT2D eigenvalue weighted by molar-refractivity contribution is -0.161. The molecule has 0 heterocycles. The van der Waals surface area contributed by atoms with Gasteiger partial charge in [0.25, 0.3) is 0 Å². The van der Waals surface area contributed by atoms with Crippen LogP contribution in [0, 0.1) is 0 Å². The lowest BCUT2D eigenvalue weighted by Crippen LogP contribution is -2.29. The molecule has 2 N–H and O–H groups in total. The molecule has 53 heavy (non-hydrogen) atoms. The topological polar surface area (TPSA) is 119 Å². The van der Waals surface area contributed by atoms with E-state index in [1.165, 1.54) is 173 Å². The largest absolute Gasteiger partial charge is 0.469 e.